The summed E-state index contributed by atoms with van der Waals surface area (Å²) in [5, 5.41) is 13.1. The number of hydrogen-bond acceptors (Lipinski definition) is 8. The third-order valence-corrected chi connectivity index (χ3v) is 4.50. The molecule has 33 heavy (non-hydrogen) atoms. The van der Waals surface area contributed by atoms with Gasteiger partial charge in [-0.25, -0.2) is 14.6 Å². The van der Waals surface area contributed by atoms with Crippen LogP contribution in [0.2, 0.25) is 0 Å². The van der Waals surface area contributed by atoms with Crippen LogP contribution in [0.1, 0.15) is 24.1 Å². The van der Waals surface area contributed by atoms with Crippen molar-refractivity contribution >= 4 is 23.5 Å². The lowest BCUT2D eigenvalue weighted by molar-refractivity contribution is -0.141. The molecule has 1 amide bonds. The maximum atomic E-state index is 12.9. The lowest BCUT2D eigenvalue weighted by Gasteiger charge is -2.11. The number of carbonyl (C=O) groups is 2. The topological polar surface area (TPSA) is 124 Å². The van der Waals surface area contributed by atoms with Crippen molar-refractivity contribution in [3.05, 3.63) is 47.8 Å². The minimum Gasteiger partial charge on any atom is -0.468 e. The Morgan fingerprint density at radius 2 is 1.94 bits per heavy atom. The summed E-state index contributed by atoms with van der Waals surface area (Å²) in [6.07, 6.45) is -1.94. The molecule has 3 heterocycles. The zero-order valence-corrected chi connectivity index (χ0v) is 17.8. The first-order valence-corrected chi connectivity index (χ1v) is 9.62. The second-order valence-electron chi connectivity index (χ2n) is 7.02. The van der Waals surface area contributed by atoms with Crippen molar-refractivity contribution in [2.24, 2.45) is 0 Å². The van der Waals surface area contributed by atoms with Gasteiger partial charge >= 0.3 is 12.1 Å². The Bertz CT molecular complexity index is 1160. The maximum Gasteiger partial charge on any atom is 0.416 e. The molecular formula is C20H20F3N7O3. The van der Waals surface area contributed by atoms with E-state index in [0.717, 1.165) is 23.9 Å². The van der Waals surface area contributed by atoms with Gasteiger partial charge in [-0.3, -0.25) is 9.59 Å². The minimum atomic E-state index is -4.50. The number of methoxy groups -OCH3 is 1. The number of ether oxygens (including phenoxy) is 1. The summed E-state index contributed by atoms with van der Waals surface area (Å²) in [7, 11) is 1.21. The third kappa shape index (κ3) is 6.02. The molecule has 3 rings (SSSR count). The van der Waals surface area contributed by atoms with E-state index in [2.05, 4.69) is 35.7 Å². The maximum absolute atomic E-state index is 12.9. The van der Waals surface area contributed by atoms with Crippen LogP contribution in [0.4, 0.5) is 24.8 Å². The molecule has 0 aliphatic carbocycles. The third-order valence-electron chi connectivity index (χ3n) is 4.50. The van der Waals surface area contributed by atoms with E-state index >= 15 is 0 Å². The Morgan fingerprint density at radius 3 is 2.64 bits per heavy atom. The molecular weight excluding hydrogens is 443 g/mol. The van der Waals surface area contributed by atoms with Gasteiger partial charge in [0.1, 0.15) is 29.9 Å². The molecule has 0 bridgehead atoms. The number of hydrogen-bond donors (Lipinski definition) is 2. The van der Waals surface area contributed by atoms with Crippen molar-refractivity contribution in [1.29, 1.82) is 0 Å². The van der Waals surface area contributed by atoms with Crippen LogP contribution in [0.3, 0.4) is 0 Å². The number of carbonyl (C=O) groups excluding carboxylic acids is 2. The lowest BCUT2D eigenvalue weighted by Crippen LogP contribution is -2.35. The van der Waals surface area contributed by atoms with Crippen molar-refractivity contribution in [2.75, 3.05) is 19.0 Å². The van der Waals surface area contributed by atoms with Gasteiger partial charge in [0.05, 0.1) is 24.6 Å². The Hall–Kier alpha value is -4.03. The number of amides is 1. The summed E-state index contributed by atoms with van der Waals surface area (Å²) >= 11 is 0. The normalized spacial score (nSPS) is 12.2. The van der Waals surface area contributed by atoms with Gasteiger partial charge in [0.25, 0.3) is 0 Å². The van der Waals surface area contributed by atoms with E-state index in [1.54, 1.807) is 26.0 Å². The number of aromatic nitrogens is 5. The van der Waals surface area contributed by atoms with E-state index in [1.165, 1.54) is 18.0 Å². The zero-order valence-electron chi connectivity index (χ0n) is 17.8. The van der Waals surface area contributed by atoms with Gasteiger partial charge < -0.3 is 15.4 Å². The van der Waals surface area contributed by atoms with Gasteiger partial charge in [-0.2, -0.15) is 13.2 Å². The first-order valence-electron chi connectivity index (χ1n) is 9.62. The molecule has 0 unspecified atom stereocenters. The van der Waals surface area contributed by atoms with Crippen molar-refractivity contribution in [3.8, 4) is 11.4 Å². The molecule has 2 N–H and O–H groups in total. The van der Waals surface area contributed by atoms with E-state index in [4.69, 9.17) is 0 Å². The number of anilines is 2. The Labute approximate surface area is 186 Å². The average Bonchev–Trinajstić information content (AvgIpc) is 3.26. The summed E-state index contributed by atoms with van der Waals surface area (Å²) in [5.41, 5.74) is 0.646. The fraction of sp³-hybridized carbons (Fsp3) is 0.300. The van der Waals surface area contributed by atoms with Crippen molar-refractivity contribution < 1.29 is 27.5 Å². The molecule has 0 saturated carbocycles. The standard InChI is InChI=1S/C20H20F3N7O3/c1-11-6-14(15-10-30(29-28-15)12(2)19(32)25-9-18(31)33-3)26-17(7-11)27-16-8-13(4-5-24-16)20(21,22)23/h4-8,10,12H,9H2,1-3H3,(H,25,32)(H,24,26,27)/t12-/m1/s1. The number of rotatable bonds is 7. The highest BCUT2D eigenvalue weighted by Gasteiger charge is 2.30. The van der Waals surface area contributed by atoms with Crippen LogP contribution >= 0.6 is 0 Å². The summed E-state index contributed by atoms with van der Waals surface area (Å²) in [6, 6.07) is 4.34. The first kappa shape index (κ1) is 23.6. The van der Waals surface area contributed by atoms with Gasteiger partial charge in [0.2, 0.25) is 5.91 Å². The van der Waals surface area contributed by atoms with E-state index < -0.39 is 29.7 Å². The van der Waals surface area contributed by atoms with E-state index in [0.29, 0.717) is 11.4 Å². The number of esters is 1. The van der Waals surface area contributed by atoms with Crippen LogP contribution in [-0.4, -0.2) is 50.5 Å². The van der Waals surface area contributed by atoms with Crippen LogP contribution in [0.5, 0.6) is 0 Å². The highest BCUT2D eigenvalue weighted by atomic mass is 19.4. The Kier molecular flexibility index (Phi) is 6.89. The smallest absolute Gasteiger partial charge is 0.416 e. The number of pyridine rings is 2. The number of nitrogens with zero attached hydrogens (tertiary/aromatic N) is 5. The summed E-state index contributed by atoms with van der Waals surface area (Å²) in [6.45, 7) is 3.07. The first-order chi connectivity index (χ1) is 15.6. The molecule has 1 atom stereocenters. The minimum absolute atomic E-state index is 0.0200. The number of halogens is 3. The van der Waals surface area contributed by atoms with Crippen molar-refractivity contribution in [1.82, 2.24) is 30.3 Å². The molecule has 0 saturated heterocycles. The second-order valence-corrected chi connectivity index (χ2v) is 7.02. The SMILES string of the molecule is COC(=O)CNC(=O)[C@@H](C)n1cc(-c2cc(C)cc(Nc3cc(C(F)(F)F)ccn3)n2)nn1. The largest absolute Gasteiger partial charge is 0.468 e. The van der Waals surface area contributed by atoms with Gasteiger partial charge in [0.15, 0.2) is 0 Å². The highest BCUT2D eigenvalue weighted by molar-refractivity contribution is 5.84. The zero-order chi connectivity index (χ0) is 24.2. The van der Waals surface area contributed by atoms with Crippen molar-refractivity contribution in [2.45, 2.75) is 26.1 Å². The quantitative estimate of drug-likeness (QED) is 0.513. The van der Waals surface area contributed by atoms with Gasteiger partial charge in [-0.1, -0.05) is 5.21 Å². The lowest BCUT2D eigenvalue weighted by atomic mass is 10.2. The van der Waals surface area contributed by atoms with Crippen LogP contribution < -0.4 is 10.6 Å². The van der Waals surface area contributed by atoms with Gasteiger partial charge in [-0.15, -0.1) is 5.10 Å². The number of aryl methyl sites for hydroxylation is 1. The predicted molar refractivity (Wildman–Crippen MR) is 110 cm³/mol. The second kappa shape index (κ2) is 9.63. The monoisotopic (exact) mass is 463 g/mol. The Morgan fingerprint density at radius 1 is 1.18 bits per heavy atom. The van der Waals surface area contributed by atoms with Crippen LogP contribution in [0, 0.1) is 6.92 Å². The number of alkyl halides is 3. The summed E-state index contributed by atoms with van der Waals surface area (Å²) in [5.74, 6) is -0.815. The van der Waals surface area contributed by atoms with Crippen LogP contribution in [0.25, 0.3) is 11.4 Å². The summed E-state index contributed by atoms with van der Waals surface area (Å²) in [4.78, 5) is 31.7. The fourth-order valence-electron chi connectivity index (χ4n) is 2.75. The summed E-state index contributed by atoms with van der Waals surface area (Å²) < 4.78 is 44.6. The van der Waals surface area contributed by atoms with Crippen LogP contribution in [0.15, 0.2) is 36.7 Å². The molecule has 0 spiro atoms. The average molecular weight is 463 g/mol. The Balaban J connectivity index is 1.78. The molecule has 0 aromatic carbocycles. The fourth-order valence-corrected chi connectivity index (χ4v) is 2.75. The molecule has 0 aliphatic heterocycles. The molecule has 3 aromatic heterocycles. The van der Waals surface area contributed by atoms with E-state index in [1.807, 2.05) is 0 Å². The van der Waals surface area contributed by atoms with Gasteiger partial charge in [-0.05, 0) is 43.7 Å². The van der Waals surface area contributed by atoms with Crippen molar-refractivity contribution in [3.63, 3.8) is 0 Å². The molecule has 3 aromatic rings. The molecule has 13 heteroatoms. The molecule has 0 fully saturated rings. The molecule has 174 valence electrons. The highest BCUT2D eigenvalue weighted by Crippen LogP contribution is 2.30. The molecule has 0 radical (unpaired) electrons. The predicted octanol–water partition coefficient (Wildman–Crippen LogP) is 2.66. The van der Waals surface area contributed by atoms with Crippen LogP contribution in [-0.2, 0) is 20.5 Å². The van der Waals surface area contributed by atoms with Gasteiger partial charge in [0, 0.05) is 6.20 Å². The van der Waals surface area contributed by atoms with E-state index in [-0.39, 0.29) is 18.2 Å². The van der Waals surface area contributed by atoms with E-state index in [9.17, 15) is 22.8 Å². The number of nitrogens with one attached hydrogen (secondary N) is 2. The molecule has 0 aliphatic rings. The molecule has 10 nitrogen and oxygen atoms in total.